The molecular weight excluding hydrogens is 426 g/mol. The fourth-order valence-electron chi connectivity index (χ4n) is 2.54. The summed E-state index contributed by atoms with van der Waals surface area (Å²) in [7, 11) is 0. The third kappa shape index (κ3) is 5.11. The number of carbonyl (C=O) groups is 3. The first kappa shape index (κ1) is 21.2. The Kier molecular flexibility index (Phi) is 6.61. The average Bonchev–Trinajstić information content (AvgIpc) is 3.08. The number of amides is 2. The highest BCUT2D eigenvalue weighted by atomic mass is 35.5. The summed E-state index contributed by atoms with van der Waals surface area (Å²) in [4.78, 5) is 34.9. The lowest BCUT2D eigenvalue weighted by atomic mass is 10.1. The van der Waals surface area contributed by atoms with Crippen LogP contribution in [0.25, 0.3) is 10.1 Å². The fraction of sp³-hybridized carbons (Fsp3) is 0.0476. The third-order valence-electron chi connectivity index (χ3n) is 4.01. The van der Waals surface area contributed by atoms with Crippen LogP contribution in [0.1, 0.15) is 22.2 Å². The number of nitrogens with one attached hydrogen (secondary N) is 2. The standard InChI is InChI=1S/C21H16ClN3O4S/c1-12(13-6-8-14(9-7-13)23-17(26)10-11-18(27)28)24-25-21(29)20-19(22)15-4-2-3-5-16(15)30-20/h2-11H,1H3,(H,23,26)(H,25,29)(H,27,28)/b11-10+,24-12-. The van der Waals surface area contributed by atoms with Crippen molar-refractivity contribution in [3.8, 4) is 0 Å². The molecule has 0 atom stereocenters. The molecule has 30 heavy (non-hydrogen) atoms. The third-order valence-corrected chi connectivity index (χ3v) is 5.69. The van der Waals surface area contributed by atoms with E-state index >= 15 is 0 Å². The van der Waals surface area contributed by atoms with E-state index in [1.165, 1.54) is 11.3 Å². The molecule has 0 aliphatic carbocycles. The molecule has 1 heterocycles. The second kappa shape index (κ2) is 9.34. The number of hydrazone groups is 1. The van der Waals surface area contributed by atoms with Crippen LogP contribution in [0.3, 0.4) is 0 Å². The molecule has 3 aromatic rings. The molecule has 0 fully saturated rings. The van der Waals surface area contributed by atoms with Gasteiger partial charge in [-0.15, -0.1) is 11.3 Å². The van der Waals surface area contributed by atoms with E-state index in [4.69, 9.17) is 16.7 Å². The molecule has 0 radical (unpaired) electrons. The van der Waals surface area contributed by atoms with E-state index in [1.54, 1.807) is 31.2 Å². The zero-order valence-corrected chi connectivity index (χ0v) is 17.3. The van der Waals surface area contributed by atoms with Gasteiger partial charge >= 0.3 is 5.97 Å². The lowest BCUT2D eigenvalue weighted by Gasteiger charge is -2.05. The molecule has 152 valence electrons. The largest absolute Gasteiger partial charge is 0.478 e. The predicted molar refractivity (Wildman–Crippen MR) is 118 cm³/mol. The minimum absolute atomic E-state index is 0.391. The second-order valence-corrected chi connectivity index (χ2v) is 7.55. The number of nitrogens with zero attached hydrogens (tertiary/aromatic N) is 1. The fourth-order valence-corrected chi connectivity index (χ4v) is 3.94. The van der Waals surface area contributed by atoms with Gasteiger partial charge in [0.15, 0.2) is 0 Å². The van der Waals surface area contributed by atoms with Crippen LogP contribution >= 0.6 is 22.9 Å². The number of rotatable bonds is 6. The van der Waals surface area contributed by atoms with E-state index in [0.717, 1.165) is 27.8 Å². The molecule has 0 unspecified atom stereocenters. The van der Waals surface area contributed by atoms with Crippen LogP contribution in [0.15, 0.2) is 65.8 Å². The van der Waals surface area contributed by atoms with E-state index < -0.39 is 17.8 Å². The highest BCUT2D eigenvalue weighted by Crippen LogP contribution is 2.34. The molecule has 0 saturated carbocycles. The Bertz CT molecular complexity index is 1180. The maximum Gasteiger partial charge on any atom is 0.328 e. The predicted octanol–water partition coefficient (Wildman–Crippen LogP) is 4.29. The van der Waals surface area contributed by atoms with Crippen molar-refractivity contribution in [1.29, 1.82) is 0 Å². The summed E-state index contributed by atoms with van der Waals surface area (Å²) in [6.45, 7) is 1.73. The van der Waals surface area contributed by atoms with Crippen LogP contribution in [0.4, 0.5) is 5.69 Å². The molecule has 9 heteroatoms. The van der Waals surface area contributed by atoms with Crippen molar-refractivity contribution in [3.05, 3.63) is 76.1 Å². The van der Waals surface area contributed by atoms with E-state index in [-0.39, 0.29) is 0 Å². The lowest BCUT2D eigenvalue weighted by molar-refractivity contribution is -0.131. The summed E-state index contributed by atoms with van der Waals surface area (Å²) < 4.78 is 0.921. The summed E-state index contributed by atoms with van der Waals surface area (Å²) in [5.74, 6) is -2.15. The smallest absolute Gasteiger partial charge is 0.328 e. The first-order valence-corrected chi connectivity index (χ1v) is 9.88. The molecule has 0 aliphatic rings. The Balaban J connectivity index is 1.66. The molecule has 0 bridgehead atoms. The Labute approximate surface area is 180 Å². The Hall–Kier alpha value is -3.49. The summed E-state index contributed by atoms with van der Waals surface area (Å²) in [6.07, 6.45) is 1.68. The topological polar surface area (TPSA) is 108 Å². The summed E-state index contributed by atoms with van der Waals surface area (Å²) in [5, 5.41) is 16.4. The summed E-state index contributed by atoms with van der Waals surface area (Å²) in [6, 6.07) is 14.2. The van der Waals surface area contributed by atoms with Gasteiger partial charge in [0.25, 0.3) is 5.91 Å². The first-order valence-electron chi connectivity index (χ1n) is 8.69. The van der Waals surface area contributed by atoms with E-state index in [2.05, 4.69) is 15.8 Å². The Morgan fingerprint density at radius 1 is 1.07 bits per heavy atom. The van der Waals surface area contributed by atoms with Crippen molar-refractivity contribution in [3.63, 3.8) is 0 Å². The number of carboxylic acid groups (broad SMARTS) is 1. The summed E-state index contributed by atoms with van der Waals surface area (Å²) in [5.41, 5.74) is 4.30. The first-order chi connectivity index (χ1) is 14.3. The van der Waals surface area contributed by atoms with Crippen LogP contribution in [0.5, 0.6) is 0 Å². The van der Waals surface area contributed by atoms with Crippen LogP contribution in [-0.2, 0) is 9.59 Å². The highest BCUT2D eigenvalue weighted by molar-refractivity contribution is 7.21. The van der Waals surface area contributed by atoms with Gasteiger partial charge in [-0.3, -0.25) is 9.59 Å². The molecule has 3 rings (SSSR count). The summed E-state index contributed by atoms with van der Waals surface area (Å²) >= 11 is 7.61. The highest BCUT2D eigenvalue weighted by Gasteiger charge is 2.16. The van der Waals surface area contributed by atoms with Crippen molar-refractivity contribution in [2.24, 2.45) is 5.10 Å². The maximum atomic E-state index is 12.5. The molecule has 3 N–H and O–H groups in total. The van der Waals surface area contributed by atoms with Gasteiger partial charge in [0.05, 0.1) is 10.7 Å². The number of fused-ring (bicyclic) bond motifs is 1. The molecular formula is C21H16ClN3O4S. The lowest BCUT2D eigenvalue weighted by Crippen LogP contribution is -2.18. The average molecular weight is 442 g/mol. The number of halogens is 1. The number of hydrogen-bond donors (Lipinski definition) is 3. The van der Waals surface area contributed by atoms with E-state index in [9.17, 15) is 14.4 Å². The number of anilines is 1. The van der Waals surface area contributed by atoms with Gasteiger partial charge in [0.1, 0.15) is 4.88 Å². The Morgan fingerprint density at radius 3 is 2.43 bits per heavy atom. The molecule has 7 nitrogen and oxygen atoms in total. The molecule has 0 spiro atoms. The van der Waals surface area contributed by atoms with Gasteiger partial charge in [0, 0.05) is 27.9 Å². The van der Waals surface area contributed by atoms with Crippen molar-refractivity contribution < 1.29 is 19.5 Å². The minimum Gasteiger partial charge on any atom is -0.478 e. The van der Waals surface area contributed by atoms with Crippen molar-refractivity contribution in [2.45, 2.75) is 6.92 Å². The van der Waals surface area contributed by atoms with Crippen molar-refractivity contribution in [2.75, 3.05) is 5.32 Å². The van der Waals surface area contributed by atoms with Gasteiger partial charge in [-0.25, -0.2) is 10.2 Å². The molecule has 2 amide bonds. The van der Waals surface area contributed by atoms with Gasteiger partial charge in [-0.2, -0.15) is 5.10 Å². The van der Waals surface area contributed by atoms with Gasteiger partial charge in [-0.05, 0) is 30.7 Å². The van der Waals surface area contributed by atoms with Gasteiger partial charge < -0.3 is 10.4 Å². The molecule has 2 aromatic carbocycles. The minimum atomic E-state index is -1.20. The van der Waals surface area contributed by atoms with Crippen LogP contribution < -0.4 is 10.7 Å². The van der Waals surface area contributed by atoms with Crippen LogP contribution in [0, 0.1) is 0 Å². The van der Waals surface area contributed by atoms with Gasteiger partial charge in [0.2, 0.25) is 5.91 Å². The normalized spacial score (nSPS) is 11.6. The van der Waals surface area contributed by atoms with Crippen LogP contribution in [-0.4, -0.2) is 28.6 Å². The number of aliphatic carboxylic acids is 1. The SMILES string of the molecule is C/C(=N/NC(=O)c1sc2ccccc2c1Cl)c1ccc(NC(=O)/C=C/C(=O)O)cc1. The second-order valence-electron chi connectivity index (χ2n) is 6.12. The zero-order valence-electron chi connectivity index (χ0n) is 15.7. The Morgan fingerprint density at radius 2 is 1.77 bits per heavy atom. The zero-order chi connectivity index (χ0) is 21.7. The monoisotopic (exact) mass is 441 g/mol. The number of carboxylic acids is 1. The van der Waals surface area contributed by atoms with E-state index in [1.807, 2.05) is 24.3 Å². The van der Waals surface area contributed by atoms with Crippen molar-refractivity contribution in [1.82, 2.24) is 5.43 Å². The number of benzene rings is 2. The number of carbonyl (C=O) groups excluding carboxylic acids is 2. The van der Waals surface area contributed by atoms with Gasteiger partial charge in [-0.1, -0.05) is 41.9 Å². The molecule has 0 aliphatic heterocycles. The number of thiophene rings is 1. The maximum absolute atomic E-state index is 12.5. The van der Waals surface area contributed by atoms with Crippen LogP contribution in [0.2, 0.25) is 5.02 Å². The number of hydrogen-bond acceptors (Lipinski definition) is 5. The molecule has 0 saturated heterocycles. The van der Waals surface area contributed by atoms with Crippen molar-refractivity contribution >= 4 is 62.2 Å². The van der Waals surface area contributed by atoms with E-state index in [0.29, 0.717) is 21.3 Å². The molecule has 1 aromatic heterocycles. The quantitative estimate of drug-likeness (QED) is 0.301.